The van der Waals surface area contributed by atoms with Gasteiger partial charge in [0.05, 0.1) is 0 Å². The van der Waals surface area contributed by atoms with E-state index in [4.69, 9.17) is 25.2 Å². The van der Waals surface area contributed by atoms with Gasteiger partial charge in [-0.2, -0.15) is 13.2 Å². The van der Waals surface area contributed by atoms with Gasteiger partial charge < -0.3 is 15.2 Å². The lowest BCUT2D eigenvalue weighted by molar-refractivity contribution is -0.696. The molecule has 0 atom stereocenters. The second kappa shape index (κ2) is 14.0. The average Bonchev–Trinajstić information content (AvgIpc) is 2.70. The maximum atomic E-state index is 10.7. The molecule has 0 saturated carbocycles. The minimum atomic E-state index is -6.09. The molecule has 0 amide bonds. The van der Waals surface area contributed by atoms with Crippen LogP contribution in [-0.4, -0.2) is 23.6 Å². The molecule has 32 heavy (non-hydrogen) atoms. The third kappa shape index (κ3) is 12.0. The maximum Gasteiger partial charge on any atom is 0.485 e. The summed E-state index contributed by atoms with van der Waals surface area (Å²) in [5.41, 5.74) is -3.64. The number of pyridine rings is 1. The summed E-state index contributed by atoms with van der Waals surface area (Å²) in [5, 5.41) is 7.05. The fourth-order valence-corrected chi connectivity index (χ4v) is 2.86. The highest BCUT2D eigenvalue weighted by Crippen LogP contribution is 2.20. The number of aromatic nitrogens is 1. The number of halogens is 3. The number of hydrogen-bond donors (Lipinski definition) is 2. The number of hydrogen-bond acceptors (Lipinski definition) is 4. The summed E-state index contributed by atoms with van der Waals surface area (Å²) in [6.45, 7) is 3.31. The molecule has 0 radical (unpaired) electrons. The third-order valence-corrected chi connectivity index (χ3v) is 4.97. The van der Waals surface area contributed by atoms with Crippen molar-refractivity contribution >= 4 is 38.8 Å². The molecule has 0 bridgehead atoms. The average molecular weight is 492 g/mol. The molecule has 1 aromatic carbocycles. The van der Waals surface area contributed by atoms with E-state index in [9.17, 15) is 13.2 Å². The normalized spacial score (nSPS) is 11.3. The van der Waals surface area contributed by atoms with Crippen molar-refractivity contribution in [3.63, 3.8) is 0 Å². The third-order valence-electron chi connectivity index (χ3n) is 4.20. The van der Waals surface area contributed by atoms with Crippen LogP contribution >= 0.6 is 12.2 Å². The van der Waals surface area contributed by atoms with Crippen molar-refractivity contribution in [2.45, 2.75) is 57.5 Å². The number of nitrogens with one attached hydrogen (secondary N) is 2. The number of benzene rings is 1. The standard InChI is InChI=1S/C20H27N3S.CHF3O3S/c1-2-3-4-5-6-10-15-23-16-11-14-19(17-23)22-20(24)21-18-12-8-7-9-13-18;2-1(3,4)8(5,6)7/h7-9,11-14,16-17H,2-6,10,15H2,1H3,(H-,21,22,24);(H,5,6,7). The summed E-state index contributed by atoms with van der Waals surface area (Å²) < 4.78 is 61.1. The molecule has 0 saturated heterocycles. The molecule has 0 aliphatic carbocycles. The monoisotopic (exact) mass is 491 g/mol. The molecule has 2 N–H and O–H groups in total. The molecule has 178 valence electrons. The lowest BCUT2D eigenvalue weighted by Crippen LogP contribution is -2.33. The Balaban J connectivity index is 0.000000547. The molecule has 0 unspecified atom stereocenters. The summed E-state index contributed by atoms with van der Waals surface area (Å²) in [6.07, 6.45) is 12.1. The van der Waals surface area contributed by atoms with Gasteiger partial charge in [-0.05, 0) is 36.8 Å². The van der Waals surface area contributed by atoms with E-state index in [1.54, 1.807) is 0 Å². The number of thiocarbonyl (C=S) groups is 1. The number of alkyl halides is 3. The summed E-state index contributed by atoms with van der Waals surface area (Å²) in [5.74, 6) is 0. The minimum absolute atomic E-state index is 0.610. The van der Waals surface area contributed by atoms with E-state index in [1.807, 2.05) is 36.4 Å². The van der Waals surface area contributed by atoms with E-state index in [0.29, 0.717) is 5.11 Å². The smallest absolute Gasteiger partial charge is 0.485 e. The minimum Gasteiger partial charge on any atom is -0.741 e. The van der Waals surface area contributed by atoms with E-state index in [0.717, 1.165) is 17.9 Å². The SMILES string of the molecule is CCCCCCCC[n+]1cccc(NC(=S)Nc2ccccc2)c1.O=S(=O)([O-])C(F)(F)F. The molecule has 0 spiro atoms. The molecule has 2 aromatic rings. The van der Waals surface area contributed by atoms with Gasteiger partial charge in [-0.25, -0.2) is 13.0 Å². The quantitative estimate of drug-likeness (QED) is 0.165. The number of aryl methyl sites for hydroxylation is 1. The van der Waals surface area contributed by atoms with Crippen LogP contribution in [0.4, 0.5) is 24.5 Å². The second-order valence-corrected chi connectivity index (χ2v) is 8.72. The fourth-order valence-electron chi connectivity index (χ4n) is 2.62. The van der Waals surface area contributed by atoms with E-state index >= 15 is 0 Å². The number of para-hydroxylation sites is 1. The molecule has 1 aromatic heterocycles. The van der Waals surface area contributed by atoms with Crippen LogP contribution in [0.2, 0.25) is 0 Å². The molecular formula is C21H28F3N3O3S2. The van der Waals surface area contributed by atoms with Gasteiger partial charge in [-0.15, -0.1) is 0 Å². The van der Waals surface area contributed by atoms with Crippen LogP contribution in [0.3, 0.4) is 0 Å². The molecule has 1 heterocycles. The first kappa shape index (κ1) is 27.8. The second-order valence-electron chi connectivity index (χ2n) is 6.94. The maximum absolute atomic E-state index is 10.7. The Morgan fingerprint density at radius 2 is 1.50 bits per heavy atom. The van der Waals surface area contributed by atoms with Gasteiger partial charge >= 0.3 is 5.51 Å². The Labute approximate surface area is 192 Å². The van der Waals surface area contributed by atoms with Crippen molar-refractivity contribution in [2.24, 2.45) is 0 Å². The van der Waals surface area contributed by atoms with Gasteiger partial charge in [0.25, 0.3) is 0 Å². The van der Waals surface area contributed by atoms with Crippen molar-refractivity contribution in [1.82, 2.24) is 0 Å². The lowest BCUT2D eigenvalue weighted by Gasteiger charge is -2.09. The van der Waals surface area contributed by atoms with Gasteiger partial charge in [0, 0.05) is 18.2 Å². The Morgan fingerprint density at radius 1 is 0.969 bits per heavy atom. The molecule has 0 aliphatic heterocycles. The van der Waals surface area contributed by atoms with E-state index in [2.05, 4.69) is 40.6 Å². The van der Waals surface area contributed by atoms with Gasteiger partial charge in [0.1, 0.15) is 12.2 Å². The predicted molar refractivity (Wildman–Crippen MR) is 122 cm³/mol. The van der Waals surface area contributed by atoms with Crippen LogP contribution in [-0.2, 0) is 16.7 Å². The van der Waals surface area contributed by atoms with Crippen LogP contribution in [0.1, 0.15) is 45.4 Å². The Kier molecular flexibility index (Phi) is 12.2. The summed E-state index contributed by atoms with van der Waals surface area (Å²) in [7, 11) is -6.09. The summed E-state index contributed by atoms with van der Waals surface area (Å²) in [6, 6.07) is 14.1. The molecule has 2 rings (SSSR count). The van der Waals surface area contributed by atoms with E-state index in [-0.39, 0.29) is 0 Å². The van der Waals surface area contributed by atoms with Crippen molar-refractivity contribution in [1.29, 1.82) is 0 Å². The van der Waals surface area contributed by atoms with Crippen molar-refractivity contribution < 1.29 is 30.7 Å². The first-order valence-electron chi connectivity index (χ1n) is 10.2. The first-order valence-corrected chi connectivity index (χ1v) is 12.0. The molecule has 0 aliphatic rings. The van der Waals surface area contributed by atoms with Crippen LogP contribution in [0, 0.1) is 0 Å². The van der Waals surface area contributed by atoms with E-state index < -0.39 is 15.6 Å². The molecule has 11 heteroatoms. The molecular weight excluding hydrogens is 463 g/mol. The van der Waals surface area contributed by atoms with Crippen molar-refractivity contribution in [2.75, 3.05) is 10.6 Å². The zero-order valence-corrected chi connectivity index (χ0v) is 19.4. The predicted octanol–water partition coefficient (Wildman–Crippen LogP) is 5.19. The highest BCUT2D eigenvalue weighted by molar-refractivity contribution is 7.86. The number of anilines is 2. The number of unbranched alkanes of at least 4 members (excludes halogenated alkanes) is 5. The van der Waals surface area contributed by atoms with Crippen LogP contribution in [0.15, 0.2) is 54.9 Å². The van der Waals surface area contributed by atoms with Crippen LogP contribution in [0.5, 0.6) is 0 Å². The highest BCUT2D eigenvalue weighted by Gasteiger charge is 2.36. The first-order chi connectivity index (χ1) is 15.0. The summed E-state index contributed by atoms with van der Waals surface area (Å²) >= 11 is 5.38. The fraction of sp³-hybridized carbons (Fsp3) is 0.429. The Bertz CT molecular complexity index is 925. The highest BCUT2D eigenvalue weighted by atomic mass is 32.2. The summed E-state index contributed by atoms with van der Waals surface area (Å²) in [4.78, 5) is 0. The Morgan fingerprint density at radius 3 is 2.09 bits per heavy atom. The largest absolute Gasteiger partial charge is 0.741 e. The Hall–Kier alpha value is -2.24. The van der Waals surface area contributed by atoms with Crippen molar-refractivity contribution in [3.8, 4) is 0 Å². The zero-order chi connectivity index (χ0) is 24.0. The topological polar surface area (TPSA) is 85.1 Å². The number of rotatable bonds is 9. The van der Waals surface area contributed by atoms with Gasteiger partial charge in [-0.1, -0.05) is 50.8 Å². The molecule has 6 nitrogen and oxygen atoms in total. The van der Waals surface area contributed by atoms with Gasteiger partial charge in [0.2, 0.25) is 0 Å². The van der Waals surface area contributed by atoms with Gasteiger partial charge in [-0.3, -0.25) is 0 Å². The van der Waals surface area contributed by atoms with E-state index in [1.165, 1.54) is 38.5 Å². The van der Waals surface area contributed by atoms with Crippen molar-refractivity contribution in [3.05, 3.63) is 54.9 Å². The number of nitrogens with zero attached hydrogens (tertiary/aromatic N) is 1. The van der Waals surface area contributed by atoms with Crippen LogP contribution < -0.4 is 15.2 Å². The zero-order valence-electron chi connectivity index (χ0n) is 17.8. The van der Waals surface area contributed by atoms with Crippen LogP contribution in [0.25, 0.3) is 0 Å². The molecule has 0 fully saturated rings. The van der Waals surface area contributed by atoms with Gasteiger partial charge in [0.15, 0.2) is 27.6 Å². The lowest BCUT2D eigenvalue weighted by atomic mass is 10.1.